The molecule has 0 fully saturated rings. The number of rotatable bonds is 9. The van der Waals surface area contributed by atoms with Crippen LogP contribution in [0.1, 0.15) is 77.6 Å². The SMILES string of the molecule is Cc1ccc(C(C(=O)Nc2ccccc2C)N(C(=O)C(CC(C)C)NC(=O)OC(C)(C)C)C(C)C)cc1. The Hall–Kier alpha value is -3.35. The van der Waals surface area contributed by atoms with E-state index in [0.29, 0.717) is 17.7 Å². The molecule has 7 heteroatoms. The maximum Gasteiger partial charge on any atom is 0.408 e. The van der Waals surface area contributed by atoms with Crippen LogP contribution in [0.3, 0.4) is 0 Å². The van der Waals surface area contributed by atoms with Crippen molar-refractivity contribution in [1.29, 1.82) is 0 Å². The van der Waals surface area contributed by atoms with Gasteiger partial charge in [0, 0.05) is 11.7 Å². The van der Waals surface area contributed by atoms with Crippen LogP contribution in [-0.2, 0) is 14.3 Å². The lowest BCUT2D eigenvalue weighted by Crippen LogP contribution is -2.54. The van der Waals surface area contributed by atoms with E-state index in [9.17, 15) is 14.4 Å². The number of carbonyl (C=O) groups is 3. The van der Waals surface area contributed by atoms with Crippen LogP contribution >= 0.6 is 0 Å². The fourth-order valence-electron chi connectivity index (χ4n) is 4.10. The Morgan fingerprint density at radius 2 is 1.51 bits per heavy atom. The Morgan fingerprint density at radius 1 is 0.919 bits per heavy atom. The number of hydrogen-bond donors (Lipinski definition) is 2. The lowest BCUT2D eigenvalue weighted by molar-refractivity contribution is -0.143. The number of benzene rings is 2. The molecule has 2 N–H and O–H groups in total. The zero-order valence-corrected chi connectivity index (χ0v) is 23.7. The lowest BCUT2D eigenvalue weighted by atomic mass is 9.97. The Labute approximate surface area is 222 Å². The van der Waals surface area contributed by atoms with Gasteiger partial charge in [-0.1, -0.05) is 61.9 Å². The standard InChI is InChI=1S/C30H43N3O4/c1-19(2)18-25(32-29(36)37-30(7,8)9)28(35)33(20(3)4)26(23-16-14-21(5)15-17-23)27(34)31-24-13-11-10-12-22(24)6/h10-17,19-20,25-26H,18H2,1-9H3,(H,31,34)(H,32,36). The van der Waals surface area contributed by atoms with Crippen LogP contribution in [0, 0.1) is 19.8 Å². The molecule has 0 heterocycles. The molecule has 2 unspecified atom stereocenters. The van der Waals surface area contributed by atoms with Crippen molar-refractivity contribution in [2.45, 2.75) is 92.5 Å². The molecule has 37 heavy (non-hydrogen) atoms. The van der Waals surface area contributed by atoms with E-state index >= 15 is 0 Å². The van der Waals surface area contributed by atoms with Gasteiger partial charge < -0.3 is 20.3 Å². The van der Waals surface area contributed by atoms with Gasteiger partial charge in [0.2, 0.25) is 5.91 Å². The molecule has 2 aromatic carbocycles. The van der Waals surface area contributed by atoms with Gasteiger partial charge in [-0.3, -0.25) is 9.59 Å². The number of carbonyl (C=O) groups excluding carboxylic acids is 3. The van der Waals surface area contributed by atoms with Gasteiger partial charge in [0.15, 0.2) is 0 Å². The summed E-state index contributed by atoms with van der Waals surface area (Å²) in [5.41, 5.74) is 2.65. The summed E-state index contributed by atoms with van der Waals surface area (Å²) in [4.78, 5) is 42.2. The Balaban J connectivity index is 2.51. The molecule has 0 spiro atoms. The van der Waals surface area contributed by atoms with E-state index in [1.54, 1.807) is 25.7 Å². The molecular formula is C30H43N3O4. The molecule has 202 valence electrons. The zero-order chi connectivity index (χ0) is 27.9. The molecule has 0 aromatic heterocycles. The van der Waals surface area contributed by atoms with Gasteiger partial charge >= 0.3 is 6.09 Å². The highest BCUT2D eigenvalue weighted by Crippen LogP contribution is 2.28. The van der Waals surface area contributed by atoms with E-state index in [-0.39, 0.29) is 23.8 Å². The molecule has 0 aliphatic carbocycles. The summed E-state index contributed by atoms with van der Waals surface area (Å²) in [5.74, 6) is -0.530. The van der Waals surface area contributed by atoms with Crippen molar-refractivity contribution in [2.75, 3.05) is 5.32 Å². The molecule has 0 saturated heterocycles. The third-order valence-electron chi connectivity index (χ3n) is 5.83. The first kappa shape index (κ1) is 29.9. The van der Waals surface area contributed by atoms with Gasteiger partial charge in [-0.15, -0.1) is 0 Å². The average Bonchev–Trinajstić information content (AvgIpc) is 2.77. The summed E-state index contributed by atoms with van der Waals surface area (Å²) >= 11 is 0. The molecule has 3 amide bonds. The summed E-state index contributed by atoms with van der Waals surface area (Å²) in [7, 11) is 0. The number of aryl methyl sites for hydroxylation is 2. The van der Waals surface area contributed by atoms with Gasteiger partial charge in [0.1, 0.15) is 17.7 Å². The third kappa shape index (κ3) is 8.92. The van der Waals surface area contributed by atoms with Crippen LogP contribution in [0.15, 0.2) is 48.5 Å². The van der Waals surface area contributed by atoms with Crippen LogP contribution in [0.2, 0.25) is 0 Å². The second-order valence-corrected chi connectivity index (χ2v) is 11.3. The van der Waals surface area contributed by atoms with Crippen molar-refractivity contribution in [2.24, 2.45) is 5.92 Å². The summed E-state index contributed by atoms with van der Waals surface area (Å²) in [5, 5.41) is 5.79. The number of ether oxygens (including phenoxy) is 1. The quantitative estimate of drug-likeness (QED) is 0.424. The summed E-state index contributed by atoms with van der Waals surface area (Å²) < 4.78 is 5.44. The Kier molecular flexibility index (Phi) is 10.3. The molecule has 0 bridgehead atoms. The maximum absolute atomic E-state index is 14.1. The van der Waals surface area contributed by atoms with E-state index < -0.39 is 23.8 Å². The first-order chi connectivity index (χ1) is 17.2. The Bertz CT molecular complexity index is 1070. The van der Waals surface area contributed by atoms with E-state index in [4.69, 9.17) is 4.74 Å². The minimum atomic E-state index is -0.900. The van der Waals surface area contributed by atoms with E-state index in [2.05, 4.69) is 10.6 Å². The second-order valence-electron chi connectivity index (χ2n) is 11.3. The summed E-state index contributed by atoms with van der Waals surface area (Å²) in [6.45, 7) is 16.9. The number of hydrogen-bond acceptors (Lipinski definition) is 4. The van der Waals surface area contributed by atoms with Gasteiger partial charge in [-0.05, 0) is 78.0 Å². The summed E-state index contributed by atoms with van der Waals surface area (Å²) in [6.07, 6.45) is -0.257. The minimum Gasteiger partial charge on any atom is -0.444 e. The minimum absolute atomic E-state index is 0.122. The first-order valence-corrected chi connectivity index (χ1v) is 12.9. The van der Waals surface area contributed by atoms with E-state index in [0.717, 1.165) is 11.1 Å². The number of nitrogens with zero attached hydrogens (tertiary/aromatic N) is 1. The average molecular weight is 510 g/mol. The molecule has 0 aliphatic rings. The fraction of sp³-hybridized carbons (Fsp3) is 0.500. The molecular weight excluding hydrogens is 466 g/mol. The maximum atomic E-state index is 14.1. The second kappa shape index (κ2) is 12.7. The van der Waals surface area contributed by atoms with Gasteiger partial charge in [0.05, 0.1) is 0 Å². The normalized spacial score (nSPS) is 13.2. The third-order valence-corrected chi connectivity index (χ3v) is 5.83. The van der Waals surface area contributed by atoms with Crippen LogP contribution in [0.25, 0.3) is 0 Å². The summed E-state index contributed by atoms with van der Waals surface area (Å²) in [6, 6.07) is 13.1. The van der Waals surface area contributed by atoms with Crippen molar-refractivity contribution >= 4 is 23.6 Å². The molecule has 2 aromatic rings. The molecule has 0 aliphatic heterocycles. The largest absolute Gasteiger partial charge is 0.444 e. The molecule has 0 radical (unpaired) electrons. The predicted molar refractivity (Wildman–Crippen MR) is 148 cm³/mol. The number of nitrogens with one attached hydrogen (secondary N) is 2. The monoisotopic (exact) mass is 509 g/mol. The van der Waals surface area contributed by atoms with E-state index in [1.165, 1.54) is 0 Å². The van der Waals surface area contributed by atoms with Crippen LogP contribution in [0.5, 0.6) is 0 Å². The molecule has 2 rings (SSSR count). The van der Waals surface area contributed by atoms with Crippen molar-refractivity contribution in [3.05, 3.63) is 65.2 Å². The van der Waals surface area contributed by atoms with E-state index in [1.807, 2.05) is 90.1 Å². The highest BCUT2D eigenvalue weighted by molar-refractivity contribution is 5.99. The number of amides is 3. The highest BCUT2D eigenvalue weighted by Gasteiger charge is 2.38. The predicted octanol–water partition coefficient (Wildman–Crippen LogP) is 6.16. The topological polar surface area (TPSA) is 87.7 Å². The number of para-hydroxylation sites is 1. The smallest absolute Gasteiger partial charge is 0.408 e. The zero-order valence-electron chi connectivity index (χ0n) is 23.7. The van der Waals surface area contributed by atoms with Gasteiger partial charge in [-0.25, -0.2) is 4.79 Å². The van der Waals surface area contributed by atoms with Crippen molar-refractivity contribution in [1.82, 2.24) is 10.2 Å². The van der Waals surface area contributed by atoms with Crippen LogP contribution in [-0.4, -0.2) is 40.5 Å². The van der Waals surface area contributed by atoms with Crippen molar-refractivity contribution in [3.8, 4) is 0 Å². The number of alkyl carbamates (subject to hydrolysis) is 1. The van der Waals surface area contributed by atoms with Gasteiger partial charge in [0.25, 0.3) is 5.91 Å². The molecule has 2 atom stereocenters. The Morgan fingerprint density at radius 3 is 2.03 bits per heavy atom. The highest BCUT2D eigenvalue weighted by atomic mass is 16.6. The van der Waals surface area contributed by atoms with Crippen molar-refractivity contribution < 1.29 is 19.1 Å². The van der Waals surface area contributed by atoms with Crippen molar-refractivity contribution in [3.63, 3.8) is 0 Å². The number of anilines is 1. The first-order valence-electron chi connectivity index (χ1n) is 12.9. The van der Waals surface area contributed by atoms with Crippen LogP contribution < -0.4 is 10.6 Å². The molecule has 7 nitrogen and oxygen atoms in total. The fourth-order valence-corrected chi connectivity index (χ4v) is 4.10. The molecule has 0 saturated carbocycles. The van der Waals surface area contributed by atoms with Gasteiger partial charge in [-0.2, -0.15) is 0 Å². The van der Waals surface area contributed by atoms with Crippen LogP contribution in [0.4, 0.5) is 10.5 Å². The lowest BCUT2D eigenvalue weighted by Gasteiger charge is -2.37.